The molecule has 0 aliphatic carbocycles. The zero-order valence-electron chi connectivity index (χ0n) is 15.1. The number of methoxy groups -OCH3 is 1. The van der Waals surface area contributed by atoms with Crippen LogP contribution in [0.25, 0.3) is 0 Å². The lowest BCUT2D eigenvalue weighted by Crippen LogP contribution is -2.41. The van der Waals surface area contributed by atoms with Crippen LogP contribution in [0, 0.1) is 5.82 Å². The number of aliphatic imine (C=N–C) groups is 1. The third-order valence-corrected chi connectivity index (χ3v) is 3.65. The molecule has 0 heterocycles. The van der Waals surface area contributed by atoms with E-state index in [0.717, 1.165) is 0 Å². The topological polar surface area (TPSA) is 75.1 Å². The Hall–Kier alpha value is -2.96. The number of guanidine groups is 1. The molecule has 0 amide bonds. The quantitative estimate of drug-likeness (QED) is 0.522. The van der Waals surface area contributed by atoms with Crippen LogP contribution in [0.1, 0.15) is 12.5 Å². The molecular weight excluding hydrogens is 337 g/mol. The van der Waals surface area contributed by atoms with E-state index in [0.29, 0.717) is 36.1 Å². The maximum Gasteiger partial charge on any atom is 0.191 e. The van der Waals surface area contributed by atoms with E-state index in [4.69, 9.17) is 9.47 Å². The number of hydrogen-bond donors (Lipinski definition) is 3. The van der Waals surface area contributed by atoms with Gasteiger partial charge in [0.05, 0.1) is 13.7 Å². The normalized spacial score (nSPS) is 12.4. The predicted octanol–water partition coefficient (Wildman–Crippen LogP) is 2.67. The van der Waals surface area contributed by atoms with Crippen molar-refractivity contribution in [2.75, 3.05) is 20.7 Å². The van der Waals surface area contributed by atoms with E-state index in [1.807, 2.05) is 31.2 Å². The highest BCUT2D eigenvalue weighted by atomic mass is 19.1. The Kier molecular flexibility index (Phi) is 7.08. The zero-order chi connectivity index (χ0) is 18.9. The summed E-state index contributed by atoms with van der Waals surface area (Å²) in [6.45, 7) is 2.82. The minimum atomic E-state index is -0.647. The summed E-state index contributed by atoms with van der Waals surface area (Å²) < 4.78 is 24.5. The van der Waals surface area contributed by atoms with E-state index in [2.05, 4.69) is 15.6 Å². The molecule has 0 radical (unpaired) electrons. The summed E-state index contributed by atoms with van der Waals surface area (Å²) in [4.78, 5) is 4.13. The minimum absolute atomic E-state index is 0.129. The molecule has 6 nitrogen and oxygen atoms in total. The molecule has 140 valence electrons. The first-order valence-corrected chi connectivity index (χ1v) is 8.25. The number of hydrogen-bond acceptors (Lipinski definition) is 4. The largest absolute Gasteiger partial charge is 0.505 e. The van der Waals surface area contributed by atoms with Crippen molar-refractivity contribution in [1.29, 1.82) is 0 Å². The second kappa shape index (κ2) is 9.50. The number of benzene rings is 2. The molecular formula is C19H24FN3O3. The molecule has 0 spiro atoms. The molecule has 0 saturated carbocycles. The van der Waals surface area contributed by atoms with E-state index < -0.39 is 5.82 Å². The predicted molar refractivity (Wildman–Crippen MR) is 99.4 cm³/mol. The molecule has 0 bridgehead atoms. The van der Waals surface area contributed by atoms with Gasteiger partial charge >= 0.3 is 0 Å². The Morgan fingerprint density at radius 2 is 1.92 bits per heavy atom. The third kappa shape index (κ3) is 5.54. The van der Waals surface area contributed by atoms with E-state index >= 15 is 0 Å². The van der Waals surface area contributed by atoms with Crippen LogP contribution in [0.2, 0.25) is 0 Å². The van der Waals surface area contributed by atoms with E-state index in [-0.39, 0.29) is 11.9 Å². The lowest BCUT2D eigenvalue weighted by molar-refractivity contribution is 0.213. The van der Waals surface area contributed by atoms with E-state index in [9.17, 15) is 9.50 Å². The molecule has 1 atom stereocenters. The summed E-state index contributed by atoms with van der Waals surface area (Å²) in [7, 11) is 3.25. The van der Waals surface area contributed by atoms with E-state index in [1.165, 1.54) is 12.1 Å². The molecule has 2 aromatic carbocycles. The van der Waals surface area contributed by atoms with Gasteiger partial charge in [-0.25, -0.2) is 4.39 Å². The molecule has 2 aromatic rings. The molecule has 26 heavy (non-hydrogen) atoms. The number of aromatic hydroxyl groups is 1. The van der Waals surface area contributed by atoms with Crippen molar-refractivity contribution >= 4 is 5.96 Å². The van der Waals surface area contributed by atoms with Crippen LogP contribution >= 0.6 is 0 Å². The van der Waals surface area contributed by atoms with Crippen molar-refractivity contribution in [2.45, 2.75) is 19.6 Å². The average molecular weight is 361 g/mol. The number of phenols is 1. The summed E-state index contributed by atoms with van der Waals surface area (Å²) in [6.07, 6.45) is -0.129. The Labute approximate surface area is 152 Å². The number of halogens is 1. The summed E-state index contributed by atoms with van der Waals surface area (Å²) >= 11 is 0. The Morgan fingerprint density at radius 1 is 1.19 bits per heavy atom. The van der Waals surface area contributed by atoms with Crippen LogP contribution in [0.15, 0.2) is 47.5 Å². The van der Waals surface area contributed by atoms with Gasteiger partial charge < -0.3 is 25.2 Å². The monoisotopic (exact) mass is 361 g/mol. The zero-order valence-corrected chi connectivity index (χ0v) is 15.1. The molecule has 0 aliphatic rings. The van der Waals surface area contributed by atoms with Gasteiger partial charge in [-0.2, -0.15) is 0 Å². The molecule has 0 fully saturated rings. The lowest BCUT2D eigenvalue weighted by Gasteiger charge is -2.19. The van der Waals surface area contributed by atoms with Crippen molar-refractivity contribution < 1.29 is 19.0 Å². The summed E-state index contributed by atoms with van der Waals surface area (Å²) in [5.41, 5.74) is 0.696. The van der Waals surface area contributed by atoms with Crippen molar-refractivity contribution in [2.24, 2.45) is 4.99 Å². The number of rotatable bonds is 7. The first kappa shape index (κ1) is 19.4. The average Bonchev–Trinajstić information content (AvgIpc) is 2.65. The smallest absolute Gasteiger partial charge is 0.191 e. The summed E-state index contributed by atoms with van der Waals surface area (Å²) in [5.74, 6) is 0.904. The number of nitrogens with one attached hydrogen (secondary N) is 2. The van der Waals surface area contributed by atoms with Gasteiger partial charge in [0.1, 0.15) is 6.10 Å². The second-order valence-corrected chi connectivity index (χ2v) is 5.67. The highest BCUT2D eigenvalue weighted by Crippen LogP contribution is 2.26. The van der Waals surface area contributed by atoms with Crippen molar-refractivity contribution in [3.8, 4) is 17.2 Å². The van der Waals surface area contributed by atoms with Gasteiger partial charge in [0.25, 0.3) is 0 Å². The fraction of sp³-hybridized carbons (Fsp3) is 0.316. The molecule has 0 aromatic heterocycles. The number of nitrogens with zero attached hydrogens (tertiary/aromatic N) is 1. The standard InChI is InChI=1S/C19H24FN3O3/c1-13(26-18-7-5-4-6-17(18)25-3)11-22-19(21-2)23-12-14-8-9-16(24)15(20)10-14/h4-10,13,24H,11-12H2,1-3H3,(H2,21,22,23). The number of para-hydroxylation sites is 2. The molecule has 2 rings (SSSR count). The summed E-state index contributed by atoms with van der Waals surface area (Å²) in [5, 5.41) is 15.5. The van der Waals surface area contributed by atoms with Crippen LogP contribution < -0.4 is 20.1 Å². The number of phenolic OH excluding ortho intramolecular Hbond substituents is 1. The highest BCUT2D eigenvalue weighted by Gasteiger charge is 2.09. The fourth-order valence-corrected chi connectivity index (χ4v) is 2.28. The first-order valence-electron chi connectivity index (χ1n) is 8.25. The SMILES string of the molecule is CN=C(NCc1ccc(O)c(F)c1)NCC(C)Oc1ccccc1OC. The van der Waals surface area contributed by atoms with Gasteiger partial charge in [-0.3, -0.25) is 4.99 Å². The number of ether oxygens (including phenoxy) is 2. The van der Waals surface area contributed by atoms with Gasteiger partial charge in [-0.15, -0.1) is 0 Å². The maximum atomic E-state index is 13.4. The van der Waals surface area contributed by atoms with Gasteiger partial charge in [-0.05, 0) is 36.8 Å². The van der Waals surface area contributed by atoms with Crippen molar-refractivity contribution in [3.63, 3.8) is 0 Å². The van der Waals surface area contributed by atoms with Gasteiger partial charge in [0, 0.05) is 13.6 Å². The molecule has 0 aliphatic heterocycles. The summed E-state index contributed by atoms with van der Waals surface area (Å²) in [6, 6.07) is 11.7. The molecule has 7 heteroatoms. The van der Waals surface area contributed by atoms with Crippen LogP contribution in [0.5, 0.6) is 17.2 Å². The van der Waals surface area contributed by atoms with Crippen LogP contribution in [-0.4, -0.2) is 37.9 Å². The molecule has 1 unspecified atom stereocenters. The van der Waals surface area contributed by atoms with Crippen LogP contribution in [-0.2, 0) is 6.54 Å². The molecule has 3 N–H and O–H groups in total. The maximum absolute atomic E-state index is 13.4. The van der Waals surface area contributed by atoms with Gasteiger partial charge in [-0.1, -0.05) is 18.2 Å². The lowest BCUT2D eigenvalue weighted by atomic mass is 10.2. The molecule has 0 saturated heterocycles. The third-order valence-electron chi connectivity index (χ3n) is 3.65. The van der Waals surface area contributed by atoms with E-state index in [1.54, 1.807) is 20.2 Å². The van der Waals surface area contributed by atoms with Crippen LogP contribution in [0.3, 0.4) is 0 Å². The second-order valence-electron chi connectivity index (χ2n) is 5.67. The van der Waals surface area contributed by atoms with Crippen LogP contribution in [0.4, 0.5) is 4.39 Å². The Morgan fingerprint density at radius 3 is 2.58 bits per heavy atom. The fourth-order valence-electron chi connectivity index (χ4n) is 2.28. The Balaban J connectivity index is 1.83. The minimum Gasteiger partial charge on any atom is -0.505 e. The van der Waals surface area contributed by atoms with Gasteiger partial charge in [0.2, 0.25) is 0 Å². The van der Waals surface area contributed by atoms with Gasteiger partial charge in [0.15, 0.2) is 29.0 Å². The first-order chi connectivity index (χ1) is 12.5. The highest BCUT2D eigenvalue weighted by molar-refractivity contribution is 5.79. The van der Waals surface area contributed by atoms with Crippen molar-refractivity contribution in [3.05, 3.63) is 53.8 Å². The van der Waals surface area contributed by atoms with Crippen molar-refractivity contribution in [1.82, 2.24) is 10.6 Å². The Bertz CT molecular complexity index is 753.